The average Bonchev–Trinajstić information content (AvgIpc) is 3.74. The smallest absolute Gasteiger partial charge is 0.229 e. The molecule has 2 saturated carbocycles. The molecule has 3 aromatic heterocycles. The van der Waals surface area contributed by atoms with Gasteiger partial charge in [-0.05, 0) is 60.4 Å². The van der Waals surface area contributed by atoms with Crippen LogP contribution in [0, 0.1) is 5.92 Å². The van der Waals surface area contributed by atoms with Gasteiger partial charge in [0.1, 0.15) is 23.6 Å². The monoisotopic (exact) mass is 458 g/mol. The Kier molecular flexibility index (Phi) is 4.99. The Morgan fingerprint density at radius 3 is 2.79 bits per heavy atom. The number of halogens is 1. The molecule has 3 heterocycles. The van der Waals surface area contributed by atoms with E-state index in [4.69, 9.17) is 11.6 Å². The molecule has 2 N–H and O–H groups in total. The van der Waals surface area contributed by atoms with Crippen molar-refractivity contribution in [2.45, 2.75) is 37.6 Å². The number of pyridine rings is 1. The molecule has 2 aliphatic carbocycles. The third kappa shape index (κ3) is 4.41. The summed E-state index contributed by atoms with van der Waals surface area (Å²) in [6.07, 6.45) is 9.05. The summed E-state index contributed by atoms with van der Waals surface area (Å²) in [5, 5.41) is 6.89. The van der Waals surface area contributed by atoms with E-state index in [0.29, 0.717) is 29.1 Å². The minimum Gasteiger partial charge on any atom is -0.364 e. The van der Waals surface area contributed by atoms with Crippen molar-refractivity contribution in [2.24, 2.45) is 5.92 Å². The number of hydrogen-bond donors (Lipinski definition) is 2. The first-order valence-electron chi connectivity index (χ1n) is 11.2. The van der Waals surface area contributed by atoms with Crippen LogP contribution in [-0.4, -0.2) is 25.3 Å². The first kappa shape index (κ1) is 20.2. The molecule has 2 atom stereocenters. The standard InChI is InChI=1S/C25H23ClN6O/c26-18-3-1-2-16(8-18)20-9-21(20)25(33)31-23-10-22(28-14-29-23)27-11-19-13-32-12-17(15-4-5-15)6-7-24(32)30-19/h1-3,6-8,10,12-15,20-21H,4-5,9,11H2,(H2,27,28,29,31,33)/t20?,21-/m1/s1. The van der Waals surface area contributed by atoms with Gasteiger partial charge in [0.25, 0.3) is 0 Å². The number of carbonyl (C=O) groups excluding carboxylic acids is 1. The fourth-order valence-electron chi connectivity index (χ4n) is 4.32. The third-order valence-electron chi connectivity index (χ3n) is 6.35. The highest BCUT2D eigenvalue weighted by Crippen LogP contribution is 2.48. The normalized spacial score (nSPS) is 19.4. The van der Waals surface area contributed by atoms with Crippen molar-refractivity contribution in [3.63, 3.8) is 0 Å². The van der Waals surface area contributed by atoms with Crippen LogP contribution < -0.4 is 10.6 Å². The SMILES string of the molecule is O=C(Nc1cc(NCc2cn3cc(C4CC4)ccc3n2)ncn1)[C@@H]1CC1c1cccc(Cl)c1. The van der Waals surface area contributed by atoms with Gasteiger partial charge in [-0.25, -0.2) is 15.0 Å². The van der Waals surface area contributed by atoms with Gasteiger partial charge in [0.15, 0.2) is 0 Å². The number of nitrogens with zero attached hydrogens (tertiary/aromatic N) is 4. The lowest BCUT2D eigenvalue weighted by Gasteiger charge is -2.07. The molecule has 1 unspecified atom stereocenters. The van der Waals surface area contributed by atoms with Crippen molar-refractivity contribution in [3.05, 3.63) is 83.0 Å². The van der Waals surface area contributed by atoms with E-state index >= 15 is 0 Å². The lowest BCUT2D eigenvalue weighted by atomic mass is 10.1. The highest BCUT2D eigenvalue weighted by Gasteiger charge is 2.44. The number of aromatic nitrogens is 4. The average molecular weight is 459 g/mol. The molecule has 33 heavy (non-hydrogen) atoms. The van der Waals surface area contributed by atoms with Crippen LogP contribution in [0.2, 0.25) is 5.02 Å². The van der Waals surface area contributed by atoms with E-state index < -0.39 is 0 Å². The molecule has 6 rings (SSSR count). The molecule has 1 amide bonds. The van der Waals surface area contributed by atoms with Crippen LogP contribution in [0.1, 0.15) is 47.9 Å². The lowest BCUT2D eigenvalue weighted by Crippen LogP contribution is -2.16. The van der Waals surface area contributed by atoms with E-state index in [1.54, 1.807) is 6.07 Å². The molecule has 2 fully saturated rings. The second-order valence-electron chi connectivity index (χ2n) is 8.87. The summed E-state index contributed by atoms with van der Waals surface area (Å²) in [4.78, 5) is 25.8. The predicted octanol–water partition coefficient (Wildman–Crippen LogP) is 5.01. The van der Waals surface area contributed by atoms with Gasteiger partial charge in [-0.15, -0.1) is 0 Å². The molecule has 0 radical (unpaired) electrons. The van der Waals surface area contributed by atoms with Gasteiger partial charge >= 0.3 is 0 Å². The van der Waals surface area contributed by atoms with E-state index in [0.717, 1.165) is 23.3 Å². The maximum Gasteiger partial charge on any atom is 0.229 e. The summed E-state index contributed by atoms with van der Waals surface area (Å²) in [5.41, 5.74) is 4.34. The van der Waals surface area contributed by atoms with Gasteiger partial charge in [-0.3, -0.25) is 4.79 Å². The molecule has 1 aromatic carbocycles. The molecular formula is C25H23ClN6O. The predicted molar refractivity (Wildman–Crippen MR) is 127 cm³/mol. The topological polar surface area (TPSA) is 84.2 Å². The van der Waals surface area contributed by atoms with E-state index in [1.165, 1.54) is 24.7 Å². The fraction of sp³-hybridized carbons (Fsp3) is 0.280. The highest BCUT2D eigenvalue weighted by molar-refractivity contribution is 6.30. The van der Waals surface area contributed by atoms with Crippen LogP contribution >= 0.6 is 11.6 Å². The van der Waals surface area contributed by atoms with Crippen LogP contribution in [-0.2, 0) is 11.3 Å². The Labute approximate surface area is 196 Å². The molecule has 0 aliphatic heterocycles. The molecule has 4 aromatic rings. The zero-order valence-electron chi connectivity index (χ0n) is 17.9. The maximum atomic E-state index is 12.7. The minimum atomic E-state index is -0.0617. The van der Waals surface area contributed by atoms with Crippen LogP contribution in [0.3, 0.4) is 0 Å². The number of rotatable bonds is 7. The maximum absolute atomic E-state index is 12.7. The van der Waals surface area contributed by atoms with Gasteiger partial charge in [0.05, 0.1) is 12.2 Å². The summed E-state index contributed by atoms with van der Waals surface area (Å²) >= 11 is 6.08. The summed E-state index contributed by atoms with van der Waals surface area (Å²) in [7, 11) is 0. The number of carbonyl (C=O) groups is 1. The fourth-order valence-corrected chi connectivity index (χ4v) is 4.52. The largest absolute Gasteiger partial charge is 0.364 e. The van der Waals surface area contributed by atoms with Crippen LogP contribution in [0.25, 0.3) is 5.65 Å². The Morgan fingerprint density at radius 1 is 1.06 bits per heavy atom. The number of fused-ring (bicyclic) bond motifs is 1. The van der Waals surface area contributed by atoms with Crippen molar-refractivity contribution in [2.75, 3.05) is 10.6 Å². The highest BCUT2D eigenvalue weighted by atomic mass is 35.5. The number of hydrogen-bond acceptors (Lipinski definition) is 5. The number of nitrogens with one attached hydrogen (secondary N) is 2. The first-order valence-corrected chi connectivity index (χ1v) is 11.6. The van der Waals surface area contributed by atoms with Crippen molar-refractivity contribution in [3.8, 4) is 0 Å². The lowest BCUT2D eigenvalue weighted by molar-refractivity contribution is -0.117. The van der Waals surface area contributed by atoms with Crippen LogP contribution in [0.4, 0.5) is 11.6 Å². The number of benzene rings is 1. The van der Waals surface area contributed by atoms with Crippen molar-refractivity contribution < 1.29 is 4.79 Å². The van der Waals surface area contributed by atoms with E-state index in [9.17, 15) is 4.79 Å². The van der Waals surface area contributed by atoms with E-state index in [-0.39, 0.29) is 17.7 Å². The zero-order valence-corrected chi connectivity index (χ0v) is 18.7. The summed E-state index contributed by atoms with van der Waals surface area (Å²) in [5.74, 6) is 1.95. The van der Waals surface area contributed by atoms with Gasteiger partial charge in [-0.2, -0.15) is 0 Å². The number of amides is 1. The Hall–Kier alpha value is -3.45. The van der Waals surface area contributed by atoms with Gasteiger partial charge in [-0.1, -0.05) is 29.8 Å². The molecule has 0 saturated heterocycles. The second-order valence-corrected chi connectivity index (χ2v) is 9.31. The first-order chi connectivity index (χ1) is 16.1. The van der Waals surface area contributed by atoms with Crippen LogP contribution in [0.5, 0.6) is 0 Å². The molecule has 7 nitrogen and oxygen atoms in total. The summed E-state index contributed by atoms with van der Waals surface area (Å²) in [6.45, 7) is 0.532. The van der Waals surface area contributed by atoms with Gasteiger partial charge < -0.3 is 15.0 Å². The van der Waals surface area contributed by atoms with Crippen molar-refractivity contribution in [1.82, 2.24) is 19.4 Å². The van der Waals surface area contributed by atoms with Crippen LogP contribution in [0.15, 0.2) is 61.2 Å². The molecule has 8 heteroatoms. The summed E-state index contributed by atoms with van der Waals surface area (Å²) in [6, 6.07) is 13.7. The van der Waals surface area contributed by atoms with E-state index in [1.807, 2.05) is 30.5 Å². The second kappa shape index (κ2) is 8.15. The van der Waals surface area contributed by atoms with Crippen molar-refractivity contribution in [1.29, 1.82) is 0 Å². The Morgan fingerprint density at radius 2 is 1.94 bits per heavy atom. The van der Waals surface area contributed by atoms with Gasteiger partial charge in [0, 0.05) is 29.4 Å². The van der Waals surface area contributed by atoms with Crippen molar-refractivity contribution >= 4 is 34.8 Å². The summed E-state index contributed by atoms with van der Waals surface area (Å²) < 4.78 is 2.09. The molecule has 0 bridgehead atoms. The zero-order chi connectivity index (χ0) is 22.4. The Balaban J connectivity index is 1.08. The molecule has 2 aliphatic rings. The van der Waals surface area contributed by atoms with E-state index in [2.05, 4.69) is 48.3 Å². The van der Waals surface area contributed by atoms with Gasteiger partial charge in [0.2, 0.25) is 5.91 Å². The quantitative estimate of drug-likeness (QED) is 0.406. The number of anilines is 2. The number of imidazole rings is 1. The molecular weight excluding hydrogens is 436 g/mol. The third-order valence-corrected chi connectivity index (χ3v) is 6.58. The Bertz CT molecular complexity index is 1350. The molecule has 166 valence electrons. The minimum absolute atomic E-state index is 0.0311. The molecule has 0 spiro atoms.